The minimum absolute atomic E-state index is 0.310. The van der Waals surface area contributed by atoms with E-state index in [0.29, 0.717) is 6.04 Å². The van der Waals surface area contributed by atoms with Crippen LogP contribution < -0.4 is 10.2 Å². The van der Waals surface area contributed by atoms with Crippen LogP contribution in [0.5, 0.6) is 0 Å². The highest BCUT2D eigenvalue weighted by molar-refractivity contribution is 5.67. The molecule has 0 radical (unpaired) electrons. The molecule has 0 spiro atoms. The van der Waals surface area contributed by atoms with E-state index >= 15 is 0 Å². The molecule has 1 aliphatic carbocycles. The van der Waals surface area contributed by atoms with Gasteiger partial charge in [-0.2, -0.15) is 9.61 Å². The Kier molecular flexibility index (Phi) is 5.95. The highest BCUT2D eigenvalue weighted by Crippen LogP contribution is 2.31. The molecule has 33 heavy (non-hydrogen) atoms. The maximum absolute atomic E-state index is 10.4. The summed E-state index contributed by atoms with van der Waals surface area (Å²) in [6.45, 7) is 8.17. The molecule has 2 N–H and O–H groups in total. The Labute approximate surface area is 195 Å². The number of aliphatic hydroxyl groups is 1. The molecule has 176 valence electrons. The van der Waals surface area contributed by atoms with Crippen molar-refractivity contribution >= 4 is 17.3 Å². The lowest BCUT2D eigenvalue weighted by atomic mass is 9.84. The third-order valence-corrected chi connectivity index (χ3v) is 7.00. The summed E-state index contributed by atoms with van der Waals surface area (Å²) in [5.41, 5.74) is 3.79. The lowest BCUT2D eigenvalue weighted by molar-refractivity contribution is 0.0196. The Morgan fingerprint density at radius 2 is 1.91 bits per heavy atom. The number of nitrogens with zero attached hydrogens (tertiary/aromatic N) is 6. The highest BCUT2D eigenvalue weighted by atomic mass is 16.3. The number of rotatable bonds is 6. The van der Waals surface area contributed by atoms with Crippen molar-refractivity contribution < 1.29 is 5.11 Å². The molecule has 0 atom stereocenters. The zero-order chi connectivity index (χ0) is 23.0. The topological polar surface area (TPSA) is 91.5 Å². The third kappa shape index (κ3) is 4.67. The number of aryl methyl sites for hydroxylation is 2. The fraction of sp³-hybridized carbons (Fsp3) is 0.600. The van der Waals surface area contributed by atoms with E-state index in [4.69, 9.17) is 20.1 Å². The van der Waals surface area contributed by atoms with Crippen LogP contribution >= 0.6 is 0 Å². The van der Waals surface area contributed by atoms with E-state index in [0.717, 1.165) is 91.7 Å². The van der Waals surface area contributed by atoms with Gasteiger partial charge in [0.1, 0.15) is 23.0 Å². The molecule has 1 saturated heterocycles. The van der Waals surface area contributed by atoms with Crippen molar-refractivity contribution in [3.63, 3.8) is 0 Å². The van der Waals surface area contributed by atoms with E-state index in [1.54, 1.807) is 0 Å². The van der Waals surface area contributed by atoms with E-state index in [9.17, 15) is 5.11 Å². The van der Waals surface area contributed by atoms with Crippen LogP contribution in [0.25, 0.3) is 17.0 Å². The van der Waals surface area contributed by atoms with E-state index in [-0.39, 0.29) is 0 Å². The fourth-order valence-corrected chi connectivity index (χ4v) is 5.04. The van der Waals surface area contributed by atoms with Crippen LogP contribution in [0.3, 0.4) is 0 Å². The summed E-state index contributed by atoms with van der Waals surface area (Å²) in [5.74, 6) is 1.95. The Balaban J connectivity index is 1.51. The van der Waals surface area contributed by atoms with Crippen molar-refractivity contribution in [3.8, 4) is 11.4 Å². The monoisotopic (exact) mass is 449 g/mol. The summed E-state index contributed by atoms with van der Waals surface area (Å²) < 4.78 is 1.91. The average Bonchev–Trinajstić information content (AvgIpc) is 3.45. The molecule has 5 rings (SSSR count). The van der Waals surface area contributed by atoms with Gasteiger partial charge >= 0.3 is 0 Å². The molecular weight excluding hydrogens is 414 g/mol. The summed E-state index contributed by atoms with van der Waals surface area (Å²) >= 11 is 0. The molecule has 0 bridgehead atoms. The maximum atomic E-state index is 10.4. The van der Waals surface area contributed by atoms with Gasteiger partial charge in [-0.3, -0.25) is 9.97 Å². The van der Waals surface area contributed by atoms with Crippen molar-refractivity contribution in [2.45, 2.75) is 83.8 Å². The first kappa shape index (κ1) is 22.1. The zero-order valence-corrected chi connectivity index (χ0v) is 20.0. The Morgan fingerprint density at radius 3 is 2.61 bits per heavy atom. The molecule has 3 aromatic rings. The second-order valence-electron chi connectivity index (χ2n) is 9.95. The molecule has 0 aromatic carbocycles. The molecule has 1 saturated carbocycles. The molecule has 4 heterocycles. The summed E-state index contributed by atoms with van der Waals surface area (Å²) in [6.07, 6.45) is 9.75. The SMILES string of the molecule is CCCc1cnc(-c2cc3nc(N4CCCC4)cc(NC4CCC(C)(O)CC4)n3n2)c(C)n1. The van der Waals surface area contributed by atoms with Crippen LogP contribution in [0.2, 0.25) is 0 Å². The molecule has 2 fully saturated rings. The van der Waals surface area contributed by atoms with Crippen LogP contribution in [-0.2, 0) is 6.42 Å². The van der Waals surface area contributed by atoms with E-state index in [1.165, 1.54) is 12.8 Å². The van der Waals surface area contributed by atoms with Gasteiger partial charge in [0.25, 0.3) is 0 Å². The van der Waals surface area contributed by atoms with Crippen molar-refractivity contribution in [2.24, 2.45) is 0 Å². The molecule has 3 aromatic heterocycles. The molecular formula is C25H35N7O. The first-order valence-electron chi connectivity index (χ1n) is 12.4. The quantitative estimate of drug-likeness (QED) is 0.584. The van der Waals surface area contributed by atoms with Crippen LogP contribution in [0, 0.1) is 6.92 Å². The normalized spacial score (nSPS) is 23.4. The van der Waals surface area contributed by atoms with E-state index in [1.807, 2.05) is 30.6 Å². The van der Waals surface area contributed by atoms with Gasteiger partial charge in [-0.1, -0.05) is 13.3 Å². The summed E-state index contributed by atoms with van der Waals surface area (Å²) in [7, 11) is 0. The van der Waals surface area contributed by atoms with Crippen molar-refractivity contribution in [2.75, 3.05) is 23.3 Å². The Morgan fingerprint density at radius 1 is 1.15 bits per heavy atom. The molecule has 2 aliphatic rings. The number of nitrogens with one attached hydrogen (secondary N) is 1. The average molecular weight is 450 g/mol. The number of anilines is 2. The van der Waals surface area contributed by atoms with E-state index in [2.05, 4.69) is 23.2 Å². The molecule has 1 aliphatic heterocycles. The number of hydrogen-bond donors (Lipinski definition) is 2. The number of aromatic nitrogens is 5. The molecule has 8 nitrogen and oxygen atoms in total. The third-order valence-electron chi connectivity index (χ3n) is 7.00. The van der Waals surface area contributed by atoms with Crippen LogP contribution in [-0.4, -0.2) is 54.4 Å². The minimum Gasteiger partial charge on any atom is -0.390 e. The number of hydrogen-bond acceptors (Lipinski definition) is 7. The van der Waals surface area contributed by atoms with Gasteiger partial charge in [0, 0.05) is 37.5 Å². The summed E-state index contributed by atoms with van der Waals surface area (Å²) in [5, 5.41) is 19.0. The van der Waals surface area contributed by atoms with Gasteiger partial charge < -0.3 is 15.3 Å². The highest BCUT2D eigenvalue weighted by Gasteiger charge is 2.29. The fourth-order valence-electron chi connectivity index (χ4n) is 5.04. The van der Waals surface area contributed by atoms with Gasteiger partial charge in [-0.25, -0.2) is 4.98 Å². The largest absolute Gasteiger partial charge is 0.390 e. The van der Waals surface area contributed by atoms with Crippen LogP contribution in [0.1, 0.15) is 70.2 Å². The first-order chi connectivity index (χ1) is 15.9. The van der Waals surface area contributed by atoms with Gasteiger partial charge in [0.15, 0.2) is 5.65 Å². The predicted octanol–water partition coefficient (Wildman–Crippen LogP) is 4.15. The van der Waals surface area contributed by atoms with Crippen LogP contribution in [0.4, 0.5) is 11.6 Å². The van der Waals surface area contributed by atoms with Crippen molar-refractivity contribution in [1.82, 2.24) is 24.6 Å². The predicted molar refractivity (Wildman–Crippen MR) is 131 cm³/mol. The zero-order valence-electron chi connectivity index (χ0n) is 20.0. The van der Waals surface area contributed by atoms with Gasteiger partial charge in [0.2, 0.25) is 0 Å². The van der Waals surface area contributed by atoms with Crippen LogP contribution in [0.15, 0.2) is 18.3 Å². The Bertz CT molecular complexity index is 1120. The van der Waals surface area contributed by atoms with Gasteiger partial charge in [0.05, 0.1) is 17.0 Å². The minimum atomic E-state index is -0.550. The van der Waals surface area contributed by atoms with Gasteiger partial charge in [-0.15, -0.1) is 0 Å². The second kappa shape index (κ2) is 8.89. The summed E-state index contributed by atoms with van der Waals surface area (Å²) in [6, 6.07) is 4.46. The number of fused-ring (bicyclic) bond motifs is 1. The van der Waals surface area contributed by atoms with Gasteiger partial charge in [-0.05, 0) is 58.8 Å². The smallest absolute Gasteiger partial charge is 0.160 e. The lowest BCUT2D eigenvalue weighted by Crippen LogP contribution is -2.36. The molecule has 0 unspecified atom stereocenters. The van der Waals surface area contributed by atoms with E-state index < -0.39 is 5.60 Å². The standard InChI is InChI=1S/C25H35N7O/c1-4-7-19-16-26-24(17(2)27-19)20-14-22-29-21(31-12-5-6-13-31)15-23(32(22)30-20)28-18-8-10-25(3,33)11-9-18/h14-16,18,28,33H,4-13H2,1-3H3. The molecule has 8 heteroatoms. The maximum Gasteiger partial charge on any atom is 0.160 e. The Hall–Kier alpha value is -2.74. The lowest BCUT2D eigenvalue weighted by Gasteiger charge is -2.34. The first-order valence-corrected chi connectivity index (χ1v) is 12.4. The molecule has 0 amide bonds. The van der Waals surface area contributed by atoms with Crippen molar-refractivity contribution in [1.29, 1.82) is 0 Å². The summed E-state index contributed by atoms with van der Waals surface area (Å²) in [4.78, 5) is 16.7. The van der Waals surface area contributed by atoms with Crippen molar-refractivity contribution in [3.05, 3.63) is 29.7 Å². The second-order valence-corrected chi connectivity index (χ2v) is 9.95.